The number of aromatic hydroxyl groups is 1. The number of rotatable bonds is 8. The number of halogens is 2. The van der Waals surface area contributed by atoms with E-state index >= 15 is 0 Å². The first-order chi connectivity index (χ1) is 16.7. The van der Waals surface area contributed by atoms with Crippen LogP contribution in [0.4, 0.5) is 20.2 Å². The van der Waals surface area contributed by atoms with Crippen LogP contribution in [0, 0.1) is 34.3 Å². The molecule has 1 unspecified atom stereocenters. The van der Waals surface area contributed by atoms with E-state index in [1.807, 2.05) is 13.8 Å². The number of hydrazine groups is 1. The summed E-state index contributed by atoms with van der Waals surface area (Å²) < 4.78 is 33.1. The van der Waals surface area contributed by atoms with Crippen LogP contribution >= 0.6 is 0 Å². The second-order valence-electron chi connectivity index (χ2n) is 8.17. The molecule has 2 fully saturated rings. The Morgan fingerprint density at radius 3 is 2.11 bits per heavy atom. The van der Waals surface area contributed by atoms with Gasteiger partial charge in [-0.3, -0.25) is 15.8 Å². The summed E-state index contributed by atoms with van der Waals surface area (Å²) in [6.07, 6.45) is 2.46. The second-order valence-corrected chi connectivity index (χ2v) is 8.17. The van der Waals surface area contributed by atoms with Crippen LogP contribution in [0.3, 0.4) is 0 Å². The molecule has 1 atom stereocenters. The van der Waals surface area contributed by atoms with Gasteiger partial charge in [0, 0.05) is 24.0 Å². The third-order valence-corrected chi connectivity index (χ3v) is 5.36. The van der Waals surface area contributed by atoms with Gasteiger partial charge < -0.3 is 9.84 Å². The normalized spacial score (nSPS) is 15.7. The lowest BCUT2D eigenvalue weighted by Gasteiger charge is -2.23. The highest BCUT2D eigenvalue weighted by atomic mass is 19.1. The molecule has 2 aromatic carbocycles. The fourth-order valence-corrected chi connectivity index (χ4v) is 3.23. The lowest BCUT2D eigenvalue weighted by molar-refractivity contribution is 0.222. The minimum absolute atomic E-state index is 0.0290. The molecule has 4 rings (SSSR count). The van der Waals surface area contributed by atoms with Crippen LogP contribution in [0.1, 0.15) is 46.5 Å². The van der Waals surface area contributed by atoms with Gasteiger partial charge >= 0.3 is 0 Å². The Morgan fingerprint density at radius 2 is 1.54 bits per heavy atom. The predicted octanol–water partition coefficient (Wildman–Crippen LogP) is 5.75. The van der Waals surface area contributed by atoms with Gasteiger partial charge in [-0.1, -0.05) is 19.1 Å². The average molecular weight is 488 g/mol. The van der Waals surface area contributed by atoms with Crippen LogP contribution in [0.15, 0.2) is 46.7 Å². The van der Waals surface area contributed by atoms with Crippen LogP contribution in [-0.2, 0) is 0 Å². The molecule has 0 amide bonds. The third kappa shape index (κ3) is 6.50. The summed E-state index contributed by atoms with van der Waals surface area (Å²) in [7, 11) is 0. The first kappa shape index (κ1) is 26.0. The molecule has 0 heterocycles. The molecule has 2 saturated carbocycles. The topological polar surface area (TPSA) is 134 Å². The predicted molar refractivity (Wildman–Crippen MR) is 131 cm³/mol. The summed E-state index contributed by atoms with van der Waals surface area (Å²) in [5.41, 5.74) is 0.427. The van der Waals surface area contributed by atoms with Gasteiger partial charge in [0.25, 0.3) is 0 Å². The monoisotopic (exact) mass is 487 g/mol. The number of nitrogens with two attached hydrogens (primary N) is 1. The maximum absolute atomic E-state index is 13.9. The van der Waals surface area contributed by atoms with Crippen molar-refractivity contribution in [1.82, 2.24) is 0 Å². The zero-order valence-corrected chi connectivity index (χ0v) is 20.0. The minimum atomic E-state index is -0.925. The van der Waals surface area contributed by atoms with Crippen molar-refractivity contribution in [2.75, 3.05) is 10.0 Å². The Hall–Kier alpha value is -3.60. The smallest absolute Gasteiger partial charge is 0.208 e. The quantitative estimate of drug-likeness (QED) is 0.124. The number of amidine groups is 2. The lowest BCUT2D eigenvalue weighted by Crippen LogP contribution is -2.38. The Kier molecular flexibility index (Phi) is 8.34. The van der Waals surface area contributed by atoms with E-state index in [9.17, 15) is 13.9 Å². The van der Waals surface area contributed by atoms with Crippen LogP contribution in [0.5, 0.6) is 11.5 Å². The van der Waals surface area contributed by atoms with Gasteiger partial charge in [0.2, 0.25) is 6.23 Å². The molecular weight excluding hydrogens is 456 g/mol. The van der Waals surface area contributed by atoms with Crippen LogP contribution in [-0.4, -0.2) is 23.0 Å². The van der Waals surface area contributed by atoms with Gasteiger partial charge in [0.1, 0.15) is 40.4 Å². The van der Waals surface area contributed by atoms with Crippen molar-refractivity contribution in [3.8, 4) is 11.5 Å². The molecule has 2 aromatic rings. The van der Waals surface area contributed by atoms with Crippen molar-refractivity contribution >= 4 is 23.0 Å². The Labute approximate surface area is 203 Å². The molecular formula is C24H31F2N7O2. The van der Waals surface area contributed by atoms with Crippen molar-refractivity contribution in [1.29, 1.82) is 10.8 Å². The van der Waals surface area contributed by atoms with Gasteiger partial charge in [-0.25, -0.2) is 14.6 Å². The summed E-state index contributed by atoms with van der Waals surface area (Å²) >= 11 is 0. The summed E-state index contributed by atoms with van der Waals surface area (Å²) in [6, 6.07) is 7.20. The molecule has 35 heavy (non-hydrogen) atoms. The molecule has 11 heteroatoms. The summed E-state index contributed by atoms with van der Waals surface area (Å²) in [6.45, 7) is 5.56. The maximum atomic E-state index is 13.9. The molecule has 188 valence electrons. The molecule has 0 aliphatic heterocycles. The Bertz CT molecular complexity index is 1100. The molecule has 0 spiro atoms. The molecule has 5 N–H and O–H groups in total. The largest absolute Gasteiger partial charge is 0.506 e. The average Bonchev–Trinajstić information content (AvgIpc) is 3.73. The van der Waals surface area contributed by atoms with E-state index in [0.29, 0.717) is 5.69 Å². The second kappa shape index (κ2) is 11.2. The number of ether oxygens (including phenoxy) is 1. The van der Waals surface area contributed by atoms with Crippen LogP contribution in [0.25, 0.3) is 0 Å². The summed E-state index contributed by atoms with van der Waals surface area (Å²) in [5, 5.41) is 37.1. The number of phenolic OH excluding ortho intramolecular Hbond substituents is 1. The van der Waals surface area contributed by atoms with Crippen LogP contribution in [0.2, 0.25) is 0 Å². The summed E-state index contributed by atoms with van der Waals surface area (Å²) in [4.78, 5) is 0. The van der Waals surface area contributed by atoms with Crippen molar-refractivity contribution < 1.29 is 18.6 Å². The van der Waals surface area contributed by atoms with E-state index in [-0.39, 0.29) is 40.7 Å². The van der Waals surface area contributed by atoms with Gasteiger partial charge in [0.05, 0.1) is 0 Å². The number of anilines is 2. The zero-order chi connectivity index (χ0) is 25.7. The van der Waals surface area contributed by atoms with Gasteiger partial charge in [0.15, 0.2) is 5.75 Å². The minimum Gasteiger partial charge on any atom is -0.506 e. The van der Waals surface area contributed by atoms with E-state index < -0.39 is 17.9 Å². The van der Waals surface area contributed by atoms with E-state index in [0.717, 1.165) is 48.9 Å². The van der Waals surface area contributed by atoms with E-state index in [1.165, 1.54) is 23.2 Å². The van der Waals surface area contributed by atoms with Crippen LogP contribution < -0.4 is 20.6 Å². The highest BCUT2D eigenvalue weighted by Crippen LogP contribution is 2.37. The van der Waals surface area contributed by atoms with Crippen molar-refractivity contribution in [3.05, 3.63) is 48.0 Å². The highest BCUT2D eigenvalue weighted by molar-refractivity contribution is 5.99. The van der Waals surface area contributed by atoms with Crippen molar-refractivity contribution in [2.24, 2.45) is 28.0 Å². The van der Waals surface area contributed by atoms with Crippen molar-refractivity contribution in [2.45, 2.75) is 52.7 Å². The third-order valence-electron chi connectivity index (χ3n) is 5.36. The molecule has 9 nitrogen and oxygen atoms in total. The lowest BCUT2D eigenvalue weighted by atomic mass is 10.2. The Morgan fingerprint density at radius 1 is 1.00 bits per heavy atom. The first-order valence-corrected chi connectivity index (χ1v) is 11.6. The first-order valence-electron chi connectivity index (χ1n) is 11.6. The molecule has 0 saturated heterocycles. The number of benzene rings is 2. The van der Waals surface area contributed by atoms with Gasteiger partial charge in [-0.05, 0) is 56.9 Å². The van der Waals surface area contributed by atoms with E-state index in [2.05, 4.69) is 10.3 Å². The molecule has 2 aliphatic rings. The van der Waals surface area contributed by atoms with E-state index in [1.54, 1.807) is 6.92 Å². The molecule has 2 aliphatic carbocycles. The fraction of sp³-hybridized carbons (Fsp3) is 0.417. The van der Waals surface area contributed by atoms with Crippen molar-refractivity contribution in [3.63, 3.8) is 0 Å². The Balaban J connectivity index is 0.00000167. The molecule has 0 radical (unpaired) electrons. The SMILES string of the molecule is CC.CC(/N=N/N(C(=N)C1CC1)c1ccc(F)cc1O)Oc1cc(F)ccc1N(N)C(=N)C1CC1. The molecule has 0 aromatic heterocycles. The number of hydrogen-bond acceptors (Lipinski definition) is 7. The van der Waals surface area contributed by atoms with E-state index in [4.69, 9.17) is 21.4 Å². The number of nitrogens with zero attached hydrogens (tertiary/aromatic N) is 4. The summed E-state index contributed by atoms with van der Waals surface area (Å²) in [5.74, 6) is 5.00. The molecule has 0 bridgehead atoms. The standard InChI is InChI=1S/C22H25F2N7O2.C2H6/c1-12(33-20-11-16(24)7-9-18(20)30(27)21(25)13-2-3-13)28-29-31(22(26)14-4-5-14)17-8-6-15(23)10-19(17)32;1-2/h6-14,25-26,32H,2-5,27H2,1H3;1-2H3/b25-21?,26-22?,29-28+;. The number of nitrogens with one attached hydrogen (secondary N) is 2. The van der Waals surface area contributed by atoms with Gasteiger partial charge in [-0.2, -0.15) is 5.01 Å². The number of phenols is 1. The number of hydrogen-bond donors (Lipinski definition) is 4. The zero-order valence-electron chi connectivity index (χ0n) is 20.0. The fourth-order valence-electron chi connectivity index (χ4n) is 3.23. The van der Waals surface area contributed by atoms with Gasteiger partial charge in [-0.15, -0.1) is 5.11 Å². The maximum Gasteiger partial charge on any atom is 0.208 e. The highest BCUT2D eigenvalue weighted by Gasteiger charge is 2.33.